The van der Waals surface area contributed by atoms with Crippen molar-refractivity contribution in [3.8, 4) is 11.5 Å². The lowest BCUT2D eigenvalue weighted by Gasteiger charge is -2.39. The zero-order valence-electron chi connectivity index (χ0n) is 19.9. The molecule has 2 aromatic rings. The van der Waals surface area contributed by atoms with Crippen molar-refractivity contribution in [3.05, 3.63) is 59.7 Å². The Bertz CT molecular complexity index is 1080. The number of hydrogen-bond donors (Lipinski definition) is 2. The summed E-state index contributed by atoms with van der Waals surface area (Å²) in [4.78, 5) is 40.7. The highest BCUT2D eigenvalue weighted by molar-refractivity contribution is 5.85. The molecule has 2 aromatic carbocycles. The molecule has 2 aliphatic rings. The van der Waals surface area contributed by atoms with Gasteiger partial charge in [0.25, 0.3) is 0 Å². The molecule has 3 amide bonds. The maximum atomic E-state index is 12.8. The fourth-order valence-electron chi connectivity index (χ4n) is 4.42. The number of fused-ring (bicyclic) bond motifs is 5. The summed E-state index contributed by atoms with van der Waals surface area (Å²) in [5.41, 5.74) is 7.46. The van der Waals surface area contributed by atoms with Crippen LogP contribution in [0.4, 0.5) is 0 Å². The standard InChI is InChI=1S/C26H32N4O5/c1-29-16-24(31)28-22-15-30(26(33)14-27)11-10-23(22)34-17-19-5-3-7-21(13-19)35-20-6-2-4-18(12-20)8-9-25(29)32/h2-7,12-13,22-23H,8-11,14-17,27H2,1H3,(H,28,31)/t22-,23+/m0/s1. The van der Waals surface area contributed by atoms with Gasteiger partial charge < -0.3 is 30.3 Å². The van der Waals surface area contributed by atoms with Gasteiger partial charge in [-0.05, 0) is 48.2 Å². The molecule has 0 aromatic heterocycles. The number of nitrogens with two attached hydrogens (primary N) is 1. The highest BCUT2D eigenvalue weighted by Crippen LogP contribution is 2.25. The van der Waals surface area contributed by atoms with Crippen LogP contribution in [0.2, 0.25) is 0 Å². The van der Waals surface area contributed by atoms with Crippen molar-refractivity contribution in [1.82, 2.24) is 15.1 Å². The van der Waals surface area contributed by atoms with Crippen molar-refractivity contribution in [2.24, 2.45) is 5.73 Å². The molecule has 4 rings (SSSR count). The number of likely N-dealkylation sites (tertiary alicyclic amines) is 1. The van der Waals surface area contributed by atoms with Crippen molar-refractivity contribution >= 4 is 17.7 Å². The summed E-state index contributed by atoms with van der Waals surface area (Å²) >= 11 is 0. The van der Waals surface area contributed by atoms with Gasteiger partial charge in [-0.2, -0.15) is 0 Å². The number of likely N-dealkylation sites (N-methyl/N-ethyl adjacent to an activating group) is 1. The van der Waals surface area contributed by atoms with Crippen molar-refractivity contribution in [2.45, 2.75) is 38.0 Å². The van der Waals surface area contributed by atoms with E-state index in [-0.39, 0.29) is 43.3 Å². The fourth-order valence-corrected chi connectivity index (χ4v) is 4.42. The molecule has 1 saturated heterocycles. The number of nitrogens with one attached hydrogen (secondary N) is 1. The van der Waals surface area contributed by atoms with Gasteiger partial charge >= 0.3 is 0 Å². The average Bonchev–Trinajstić information content (AvgIpc) is 2.85. The normalized spacial score (nSPS) is 21.8. The summed E-state index contributed by atoms with van der Waals surface area (Å²) in [5, 5.41) is 2.98. The Morgan fingerprint density at radius 2 is 1.80 bits per heavy atom. The average molecular weight is 481 g/mol. The SMILES string of the molecule is CN1CC(=O)N[C@H]2CN(C(=O)CN)CC[C@H]2OCc2cccc(c2)Oc2cccc(c2)CCC1=O. The first-order chi connectivity index (χ1) is 16.9. The third kappa shape index (κ3) is 6.58. The van der Waals surface area contributed by atoms with Gasteiger partial charge in [0, 0.05) is 26.6 Å². The number of rotatable bonds is 1. The van der Waals surface area contributed by atoms with Crippen molar-refractivity contribution in [2.75, 3.05) is 33.2 Å². The summed E-state index contributed by atoms with van der Waals surface area (Å²) in [7, 11) is 1.62. The zero-order chi connectivity index (χ0) is 24.8. The van der Waals surface area contributed by atoms with Gasteiger partial charge in [-0.25, -0.2) is 0 Å². The van der Waals surface area contributed by atoms with Crippen LogP contribution in [0.25, 0.3) is 0 Å². The molecule has 1 fully saturated rings. The first kappa shape index (κ1) is 24.7. The largest absolute Gasteiger partial charge is 0.457 e. The second kappa shape index (κ2) is 11.3. The second-order valence-electron chi connectivity index (χ2n) is 9.00. The van der Waals surface area contributed by atoms with E-state index < -0.39 is 6.04 Å². The van der Waals surface area contributed by atoms with Crippen LogP contribution in [0, 0.1) is 0 Å². The molecule has 2 heterocycles. The molecule has 9 heteroatoms. The van der Waals surface area contributed by atoms with E-state index >= 15 is 0 Å². The predicted octanol–water partition coefficient (Wildman–Crippen LogP) is 1.44. The zero-order valence-corrected chi connectivity index (χ0v) is 19.9. The fraction of sp³-hybridized carbons (Fsp3) is 0.423. The number of aryl methyl sites for hydroxylation is 1. The van der Waals surface area contributed by atoms with Gasteiger partial charge in [-0.3, -0.25) is 14.4 Å². The van der Waals surface area contributed by atoms with Crippen LogP contribution >= 0.6 is 0 Å². The highest BCUT2D eigenvalue weighted by Gasteiger charge is 2.33. The number of carbonyl (C=O) groups excluding carboxylic acids is 3. The quantitative estimate of drug-likeness (QED) is 0.639. The van der Waals surface area contributed by atoms with E-state index in [0.29, 0.717) is 44.0 Å². The van der Waals surface area contributed by atoms with Crippen LogP contribution < -0.4 is 15.8 Å². The molecule has 2 aliphatic heterocycles. The third-order valence-corrected chi connectivity index (χ3v) is 6.35. The van der Waals surface area contributed by atoms with Crippen molar-refractivity contribution in [1.29, 1.82) is 0 Å². The lowest BCUT2D eigenvalue weighted by Crippen LogP contribution is -2.58. The Balaban J connectivity index is 1.57. The van der Waals surface area contributed by atoms with Gasteiger partial charge in [0.05, 0.1) is 31.8 Å². The predicted molar refractivity (Wildman–Crippen MR) is 130 cm³/mol. The Hall–Kier alpha value is -3.43. The number of carbonyl (C=O) groups is 3. The molecule has 0 unspecified atom stereocenters. The molecule has 3 N–H and O–H groups in total. The van der Waals surface area contributed by atoms with Crippen LogP contribution in [-0.2, 0) is 32.1 Å². The molecule has 2 atom stereocenters. The van der Waals surface area contributed by atoms with Crippen LogP contribution in [0.5, 0.6) is 11.5 Å². The van der Waals surface area contributed by atoms with Gasteiger partial charge in [0.1, 0.15) is 11.5 Å². The number of amides is 3. The summed E-state index contributed by atoms with van der Waals surface area (Å²) in [6.07, 6.45) is 1.09. The minimum Gasteiger partial charge on any atom is -0.457 e. The minimum atomic E-state index is -0.409. The van der Waals surface area contributed by atoms with Gasteiger partial charge in [0.2, 0.25) is 17.7 Å². The molecule has 0 aliphatic carbocycles. The van der Waals surface area contributed by atoms with E-state index in [1.165, 1.54) is 4.90 Å². The van der Waals surface area contributed by atoms with Crippen LogP contribution in [0.3, 0.4) is 0 Å². The molecule has 186 valence electrons. The number of ether oxygens (including phenoxy) is 2. The van der Waals surface area contributed by atoms with Gasteiger partial charge in [-0.15, -0.1) is 0 Å². The smallest absolute Gasteiger partial charge is 0.239 e. The first-order valence-electron chi connectivity index (χ1n) is 11.9. The molecule has 0 radical (unpaired) electrons. The lowest BCUT2D eigenvalue weighted by atomic mass is 10.0. The molecular formula is C26H32N4O5. The van der Waals surface area contributed by atoms with Crippen LogP contribution in [0.1, 0.15) is 24.0 Å². The molecule has 4 bridgehead atoms. The Kier molecular flexibility index (Phi) is 7.99. The third-order valence-electron chi connectivity index (χ3n) is 6.35. The van der Waals surface area contributed by atoms with Gasteiger partial charge in [0.15, 0.2) is 0 Å². The summed E-state index contributed by atoms with van der Waals surface area (Å²) in [5.74, 6) is 0.793. The Morgan fingerprint density at radius 3 is 2.54 bits per heavy atom. The van der Waals surface area contributed by atoms with Crippen LogP contribution in [0.15, 0.2) is 48.5 Å². The number of hydrogen-bond acceptors (Lipinski definition) is 6. The van der Waals surface area contributed by atoms with E-state index in [9.17, 15) is 14.4 Å². The summed E-state index contributed by atoms with van der Waals surface area (Å²) in [6, 6.07) is 14.9. The maximum Gasteiger partial charge on any atom is 0.239 e. The van der Waals surface area contributed by atoms with Crippen molar-refractivity contribution < 1.29 is 23.9 Å². The van der Waals surface area contributed by atoms with E-state index in [0.717, 1.165) is 11.1 Å². The van der Waals surface area contributed by atoms with E-state index in [1.807, 2.05) is 48.5 Å². The highest BCUT2D eigenvalue weighted by atomic mass is 16.5. The van der Waals surface area contributed by atoms with Crippen LogP contribution in [-0.4, -0.2) is 72.9 Å². The lowest BCUT2D eigenvalue weighted by molar-refractivity contribution is -0.138. The summed E-state index contributed by atoms with van der Waals surface area (Å²) < 4.78 is 12.3. The minimum absolute atomic E-state index is 0.0713. The molecular weight excluding hydrogens is 448 g/mol. The van der Waals surface area contributed by atoms with Crippen molar-refractivity contribution in [3.63, 3.8) is 0 Å². The summed E-state index contributed by atoms with van der Waals surface area (Å²) in [6.45, 7) is 0.987. The second-order valence-corrected chi connectivity index (χ2v) is 9.00. The Labute approximate surface area is 205 Å². The number of nitrogens with zero attached hydrogens (tertiary/aromatic N) is 2. The maximum absolute atomic E-state index is 12.8. The Morgan fingerprint density at radius 1 is 1.09 bits per heavy atom. The topological polar surface area (TPSA) is 114 Å². The monoisotopic (exact) mass is 480 g/mol. The van der Waals surface area contributed by atoms with E-state index in [1.54, 1.807) is 11.9 Å². The molecule has 9 nitrogen and oxygen atoms in total. The number of benzene rings is 2. The molecule has 35 heavy (non-hydrogen) atoms. The molecule has 0 saturated carbocycles. The van der Waals surface area contributed by atoms with E-state index in [4.69, 9.17) is 15.2 Å². The molecule has 0 spiro atoms. The number of piperidine rings is 1. The first-order valence-corrected chi connectivity index (χ1v) is 11.9. The van der Waals surface area contributed by atoms with E-state index in [2.05, 4.69) is 5.32 Å². The van der Waals surface area contributed by atoms with Gasteiger partial charge in [-0.1, -0.05) is 24.3 Å².